The minimum absolute atomic E-state index is 0.168. The highest BCUT2D eigenvalue weighted by Crippen LogP contribution is 2.39. The molecule has 4 rings (SSSR count). The van der Waals surface area contributed by atoms with Crippen LogP contribution in [-0.4, -0.2) is 27.8 Å². The lowest BCUT2D eigenvalue weighted by molar-refractivity contribution is 0.0335. The number of fused-ring (bicyclic) bond motifs is 1. The molecule has 7 heteroatoms. The van der Waals surface area contributed by atoms with E-state index in [0.717, 1.165) is 49.0 Å². The van der Waals surface area contributed by atoms with Crippen molar-refractivity contribution in [1.82, 2.24) is 9.78 Å². The van der Waals surface area contributed by atoms with Gasteiger partial charge in [-0.2, -0.15) is 5.10 Å². The number of benzene rings is 1. The summed E-state index contributed by atoms with van der Waals surface area (Å²) in [4.78, 5) is 27.6. The Labute approximate surface area is 192 Å². The van der Waals surface area contributed by atoms with E-state index in [2.05, 4.69) is 10.4 Å². The van der Waals surface area contributed by atoms with E-state index in [0.29, 0.717) is 21.8 Å². The van der Waals surface area contributed by atoms with Crippen LogP contribution in [0.4, 0.5) is 5.00 Å². The predicted molar refractivity (Wildman–Crippen MR) is 127 cm³/mol. The van der Waals surface area contributed by atoms with Gasteiger partial charge in [0.1, 0.15) is 5.00 Å². The molecular weight excluding hydrogens is 422 g/mol. The second-order valence-corrected chi connectivity index (χ2v) is 9.39. The van der Waals surface area contributed by atoms with Gasteiger partial charge < -0.3 is 10.1 Å². The Kier molecular flexibility index (Phi) is 6.46. The minimum Gasteiger partial charge on any atom is -0.459 e. The number of amides is 1. The molecule has 6 nitrogen and oxygen atoms in total. The molecule has 1 N–H and O–H groups in total. The third-order valence-electron chi connectivity index (χ3n) is 6.00. The van der Waals surface area contributed by atoms with E-state index < -0.39 is 0 Å². The monoisotopic (exact) mass is 451 g/mol. The first-order valence-electron chi connectivity index (χ1n) is 11.2. The summed E-state index contributed by atoms with van der Waals surface area (Å²) in [6, 6.07) is 9.74. The SMILES string of the molecule is CCC(C)OC(=O)c1c(NC(=O)c2c(C)nn(-c3ccccc3)c2C)sc2c1CCCC2. The molecular formula is C25H29N3O3S. The van der Waals surface area contributed by atoms with E-state index in [-0.39, 0.29) is 18.0 Å². The molecule has 1 aliphatic rings. The van der Waals surface area contributed by atoms with Crippen molar-refractivity contribution >= 4 is 28.2 Å². The zero-order valence-corrected chi connectivity index (χ0v) is 19.8. The van der Waals surface area contributed by atoms with Crippen LogP contribution in [0.25, 0.3) is 5.69 Å². The number of aromatic nitrogens is 2. The normalized spacial score (nSPS) is 14.0. The molecule has 0 bridgehead atoms. The fourth-order valence-corrected chi connectivity index (χ4v) is 5.42. The highest BCUT2D eigenvalue weighted by atomic mass is 32.1. The molecule has 0 spiro atoms. The van der Waals surface area contributed by atoms with Gasteiger partial charge in [-0.3, -0.25) is 4.79 Å². The Bertz CT molecular complexity index is 1150. The average molecular weight is 452 g/mol. The summed E-state index contributed by atoms with van der Waals surface area (Å²) >= 11 is 1.50. The molecule has 1 atom stereocenters. The summed E-state index contributed by atoms with van der Waals surface area (Å²) in [5, 5.41) is 8.20. The van der Waals surface area contributed by atoms with Gasteiger partial charge in [-0.25, -0.2) is 9.48 Å². The maximum Gasteiger partial charge on any atom is 0.341 e. The molecule has 0 saturated heterocycles. The van der Waals surface area contributed by atoms with Gasteiger partial charge in [0.2, 0.25) is 0 Å². The molecule has 1 unspecified atom stereocenters. The van der Waals surface area contributed by atoms with Crippen molar-refractivity contribution in [2.45, 2.75) is 65.9 Å². The molecule has 0 aliphatic heterocycles. The second-order valence-electron chi connectivity index (χ2n) is 8.29. The van der Waals surface area contributed by atoms with Crippen molar-refractivity contribution < 1.29 is 14.3 Å². The van der Waals surface area contributed by atoms with Crippen molar-refractivity contribution in [3.63, 3.8) is 0 Å². The van der Waals surface area contributed by atoms with Gasteiger partial charge in [-0.15, -0.1) is 11.3 Å². The second kappa shape index (κ2) is 9.28. The van der Waals surface area contributed by atoms with Crippen molar-refractivity contribution in [3.8, 4) is 5.69 Å². The van der Waals surface area contributed by atoms with E-state index in [1.807, 2.05) is 58.0 Å². The summed E-state index contributed by atoms with van der Waals surface area (Å²) in [5.74, 6) is -0.596. The zero-order chi connectivity index (χ0) is 22.8. The number of anilines is 1. The van der Waals surface area contributed by atoms with Crippen molar-refractivity contribution in [1.29, 1.82) is 0 Å². The van der Waals surface area contributed by atoms with E-state index >= 15 is 0 Å². The summed E-state index contributed by atoms with van der Waals surface area (Å²) in [6.45, 7) is 7.59. The number of esters is 1. The lowest BCUT2D eigenvalue weighted by Gasteiger charge is -2.15. The molecule has 0 saturated carbocycles. The van der Waals surface area contributed by atoms with Crippen LogP contribution in [0.5, 0.6) is 0 Å². The van der Waals surface area contributed by atoms with Crippen LogP contribution in [-0.2, 0) is 17.6 Å². The van der Waals surface area contributed by atoms with Gasteiger partial charge in [-0.05, 0) is 70.6 Å². The van der Waals surface area contributed by atoms with Crippen LogP contribution in [0.1, 0.15) is 75.7 Å². The zero-order valence-electron chi connectivity index (χ0n) is 19.0. The largest absolute Gasteiger partial charge is 0.459 e. The number of para-hydroxylation sites is 1. The maximum absolute atomic E-state index is 13.4. The Morgan fingerprint density at radius 2 is 1.88 bits per heavy atom. The fraction of sp³-hybridized carbons (Fsp3) is 0.400. The molecule has 168 valence electrons. The topological polar surface area (TPSA) is 73.2 Å². The molecule has 3 aromatic rings. The number of carbonyl (C=O) groups is 2. The number of thiophene rings is 1. The number of hydrogen-bond acceptors (Lipinski definition) is 5. The van der Waals surface area contributed by atoms with Crippen LogP contribution in [0.3, 0.4) is 0 Å². The lowest BCUT2D eigenvalue weighted by Crippen LogP contribution is -2.19. The third-order valence-corrected chi connectivity index (χ3v) is 7.21. The first-order chi connectivity index (χ1) is 15.4. The smallest absolute Gasteiger partial charge is 0.341 e. The summed E-state index contributed by atoms with van der Waals surface area (Å²) in [7, 11) is 0. The third kappa shape index (κ3) is 4.21. The van der Waals surface area contributed by atoms with Crippen LogP contribution in [0, 0.1) is 13.8 Å². The van der Waals surface area contributed by atoms with Gasteiger partial charge in [0.25, 0.3) is 5.91 Å². The highest BCUT2D eigenvalue weighted by molar-refractivity contribution is 7.17. The van der Waals surface area contributed by atoms with Gasteiger partial charge in [0.15, 0.2) is 0 Å². The Morgan fingerprint density at radius 3 is 2.59 bits per heavy atom. The van der Waals surface area contributed by atoms with E-state index in [1.165, 1.54) is 16.2 Å². The number of nitrogens with one attached hydrogen (secondary N) is 1. The number of hydrogen-bond donors (Lipinski definition) is 1. The van der Waals surface area contributed by atoms with Crippen LogP contribution in [0.15, 0.2) is 30.3 Å². The Morgan fingerprint density at radius 1 is 1.16 bits per heavy atom. The fourth-order valence-electron chi connectivity index (χ4n) is 4.15. The van der Waals surface area contributed by atoms with Gasteiger partial charge in [-0.1, -0.05) is 25.1 Å². The molecule has 1 amide bonds. The quantitative estimate of drug-likeness (QED) is 0.493. The molecule has 2 aromatic heterocycles. The number of aryl methyl sites for hydroxylation is 2. The summed E-state index contributed by atoms with van der Waals surface area (Å²) in [5.41, 5.74) is 4.41. The van der Waals surface area contributed by atoms with Crippen LogP contribution >= 0.6 is 11.3 Å². The van der Waals surface area contributed by atoms with Crippen molar-refractivity contribution in [2.24, 2.45) is 0 Å². The minimum atomic E-state index is -0.345. The molecule has 0 radical (unpaired) electrons. The van der Waals surface area contributed by atoms with Gasteiger partial charge in [0, 0.05) is 4.88 Å². The average Bonchev–Trinajstić information content (AvgIpc) is 3.30. The Hall–Kier alpha value is -2.93. The lowest BCUT2D eigenvalue weighted by atomic mass is 9.95. The van der Waals surface area contributed by atoms with Crippen molar-refractivity contribution in [3.05, 3.63) is 63.3 Å². The summed E-state index contributed by atoms with van der Waals surface area (Å²) in [6.07, 6.45) is 4.50. The first kappa shape index (κ1) is 22.3. The number of nitrogens with zero attached hydrogens (tertiary/aromatic N) is 2. The van der Waals surface area contributed by atoms with Crippen LogP contribution < -0.4 is 5.32 Å². The van der Waals surface area contributed by atoms with Gasteiger partial charge in [0.05, 0.1) is 34.3 Å². The molecule has 0 fully saturated rings. The maximum atomic E-state index is 13.4. The summed E-state index contributed by atoms with van der Waals surface area (Å²) < 4.78 is 7.43. The Balaban J connectivity index is 1.68. The van der Waals surface area contributed by atoms with E-state index in [4.69, 9.17) is 4.74 Å². The van der Waals surface area contributed by atoms with Crippen molar-refractivity contribution in [2.75, 3.05) is 5.32 Å². The van der Waals surface area contributed by atoms with E-state index in [9.17, 15) is 9.59 Å². The molecule has 1 aliphatic carbocycles. The van der Waals surface area contributed by atoms with Gasteiger partial charge >= 0.3 is 5.97 Å². The van der Waals surface area contributed by atoms with Crippen LogP contribution in [0.2, 0.25) is 0 Å². The number of ether oxygens (including phenoxy) is 1. The van der Waals surface area contributed by atoms with E-state index in [1.54, 1.807) is 4.68 Å². The highest BCUT2D eigenvalue weighted by Gasteiger charge is 2.29. The standard InChI is InChI=1S/C25H29N3O3S/c1-5-15(2)31-25(30)22-19-13-9-10-14-20(19)32-24(22)26-23(29)21-16(3)27-28(17(21)4)18-11-7-6-8-12-18/h6-8,11-12,15H,5,9-10,13-14H2,1-4H3,(H,26,29). The molecule has 2 heterocycles. The first-order valence-corrected chi connectivity index (χ1v) is 12.0. The predicted octanol–water partition coefficient (Wildman–Crippen LogP) is 5.64. The number of rotatable bonds is 6. The molecule has 1 aromatic carbocycles. The number of carbonyl (C=O) groups excluding carboxylic acids is 2. The molecule has 32 heavy (non-hydrogen) atoms.